The van der Waals surface area contributed by atoms with Crippen molar-refractivity contribution >= 4 is 15.8 Å². The van der Waals surface area contributed by atoms with Crippen molar-refractivity contribution in [1.82, 2.24) is 16.0 Å². The zero-order valence-corrected chi connectivity index (χ0v) is 14.4. The lowest BCUT2D eigenvalue weighted by Crippen LogP contribution is -2.46. The average Bonchev–Trinajstić information content (AvgIpc) is 2.28. The Morgan fingerprint density at radius 2 is 1.85 bits per heavy atom. The number of nitrogens with zero attached hydrogens (tertiary/aromatic N) is 1. The van der Waals surface area contributed by atoms with E-state index in [1.165, 1.54) is 6.26 Å². The molecule has 1 unspecified atom stereocenters. The van der Waals surface area contributed by atoms with Crippen LogP contribution >= 0.6 is 0 Å². The molecule has 0 amide bonds. The minimum absolute atomic E-state index is 0.0616. The van der Waals surface area contributed by atoms with Gasteiger partial charge in [-0.3, -0.25) is 4.99 Å². The molecule has 0 aliphatic rings. The van der Waals surface area contributed by atoms with Gasteiger partial charge in [-0.25, -0.2) is 8.42 Å². The summed E-state index contributed by atoms with van der Waals surface area (Å²) < 4.78 is 22.2. The van der Waals surface area contributed by atoms with E-state index < -0.39 is 9.84 Å². The van der Waals surface area contributed by atoms with Gasteiger partial charge in [-0.15, -0.1) is 0 Å². The van der Waals surface area contributed by atoms with E-state index in [1.54, 1.807) is 7.05 Å². The summed E-state index contributed by atoms with van der Waals surface area (Å²) in [7, 11) is -1.21. The molecule has 1 atom stereocenters. The maximum absolute atomic E-state index is 11.1. The predicted molar refractivity (Wildman–Crippen MR) is 86.0 cm³/mol. The van der Waals surface area contributed by atoms with Crippen molar-refractivity contribution in [3.05, 3.63) is 0 Å². The fourth-order valence-electron chi connectivity index (χ4n) is 1.51. The molecule has 0 saturated heterocycles. The van der Waals surface area contributed by atoms with Crippen LogP contribution in [0.5, 0.6) is 0 Å². The van der Waals surface area contributed by atoms with E-state index in [1.807, 2.05) is 6.92 Å². The highest BCUT2D eigenvalue weighted by Crippen LogP contribution is 1.97. The van der Waals surface area contributed by atoms with Gasteiger partial charge in [0.25, 0.3) is 0 Å². The van der Waals surface area contributed by atoms with Gasteiger partial charge < -0.3 is 16.0 Å². The summed E-state index contributed by atoms with van der Waals surface area (Å²) in [4.78, 5) is 4.12. The molecule has 6 nitrogen and oxygen atoms in total. The number of rotatable bonds is 7. The van der Waals surface area contributed by atoms with Crippen molar-refractivity contribution in [2.24, 2.45) is 4.99 Å². The lowest BCUT2D eigenvalue weighted by Gasteiger charge is -2.22. The highest BCUT2D eigenvalue weighted by atomic mass is 32.2. The molecule has 20 heavy (non-hydrogen) atoms. The fraction of sp³-hybridized carbons (Fsp3) is 0.923. The van der Waals surface area contributed by atoms with E-state index >= 15 is 0 Å². The third-order valence-corrected chi connectivity index (χ3v) is 3.58. The van der Waals surface area contributed by atoms with Crippen molar-refractivity contribution in [2.75, 3.05) is 32.1 Å². The Kier molecular flexibility index (Phi) is 8.12. The first kappa shape index (κ1) is 19.2. The molecule has 0 rings (SSSR count). The Bertz CT molecular complexity index is 399. The van der Waals surface area contributed by atoms with E-state index in [4.69, 9.17) is 0 Å². The largest absolute Gasteiger partial charge is 0.355 e. The van der Waals surface area contributed by atoms with Crippen LogP contribution in [0.4, 0.5) is 0 Å². The van der Waals surface area contributed by atoms with E-state index in [-0.39, 0.29) is 17.3 Å². The summed E-state index contributed by atoms with van der Waals surface area (Å²) in [6, 6.07) is 0.0616. The zero-order valence-electron chi connectivity index (χ0n) is 13.6. The molecule has 0 aromatic rings. The number of aliphatic imine (C=N–C) groups is 1. The molecule has 120 valence electrons. The highest BCUT2D eigenvalue weighted by molar-refractivity contribution is 7.90. The van der Waals surface area contributed by atoms with Gasteiger partial charge in [-0.05, 0) is 34.1 Å². The lowest BCUT2D eigenvalue weighted by atomic mass is 10.1. The molecule has 0 fully saturated rings. The first-order valence-corrected chi connectivity index (χ1v) is 8.99. The molecule has 0 bridgehead atoms. The number of hydrogen-bond donors (Lipinski definition) is 3. The molecule has 0 aliphatic carbocycles. The monoisotopic (exact) mass is 306 g/mol. The normalized spacial score (nSPS) is 15.0. The molecule has 0 heterocycles. The molecule has 0 spiro atoms. The van der Waals surface area contributed by atoms with Crippen LogP contribution in [0, 0.1) is 0 Å². The van der Waals surface area contributed by atoms with Crippen LogP contribution in [0.2, 0.25) is 0 Å². The van der Waals surface area contributed by atoms with E-state index in [0.717, 1.165) is 13.1 Å². The van der Waals surface area contributed by atoms with Crippen LogP contribution in [0.25, 0.3) is 0 Å². The van der Waals surface area contributed by atoms with Crippen LogP contribution in [0.15, 0.2) is 4.99 Å². The summed E-state index contributed by atoms with van der Waals surface area (Å²) in [5, 5.41) is 9.76. The quantitative estimate of drug-likeness (QED) is 0.359. The van der Waals surface area contributed by atoms with Crippen LogP contribution in [-0.4, -0.2) is 58.1 Å². The Labute approximate surface area is 123 Å². The van der Waals surface area contributed by atoms with Crippen molar-refractivity contribution in [3.63, 3.8) is 0 Å². The molecule has 0 radical (unpaired) electrons. The van der Waals surface area contributed by atoms with Crippen molar-refractivity contribution < 1.29 is 8.42 Å². The summed E-state index contributed by atoms with van der Waals surface area (Å²) >= 11 is 0. The number of sulfone groups is 1. The van der Waals surface area contributed by atoms with Crippen LogP contribution in [0.1, 0.15) is 34.1 Å². The third-order valence-electron chi connectivity index (χ3n) is 2.60. The molecule has 0 aromatic carbocycles. The van der Waals surface area contributed by atoms with Gasteiger partial charge >= 0.3 is 0 Å². The second-order valence-corrected chi connectivity index (χ2v) is 8.40. The Hall–Kier alpha value is -0.820. The van der Waals surface area contributed by atoms with Gasteiger partial charge in [-0.2, -0.15) is 0 Å². The summed E-state index contributed by atoms with van der Waals surface area (Å²) in [6.07, 6.45) is 1.82. The Balaban J connectivity index is 3.98. The second kappa shape index (κ2) is 8.46. The summed E-state index contributed by atoms with van der Waals surface area (Å²) in [6.45, 7) is 9.90. The Morgan fingerprint density at radius 3 is 2.30 bits per heavy atom. The van der Waals surface area contributed by atoms with Crippen molar-refractivity contribution in [2.45, 2.75) is 45.7 Å². The third kappa shape index (κ3) is 12.2. The maximum Gasteiger partial charge on any atom is 0.191 e. The first-order chi connectivity index (χ1) is 9.03. The van der Waals surface area contributed by atoms with Gasteiger partial charge in [0.05, 0.1) is 5.75 Å². The zero-order chi connectivity index (χ0) is 15.8. The van der Waals surface area contributed by atoms with Crippen molar-refractivity contribution in [1.29, 1.82) is 0 Å². The molecule has 0 aliphatic heterocycles. The molecular formula is C13H30N4O2S. The SMILES string of the molecule is CN=C(NCCNC(C)(C)C)NC(C)CCS(C)(=O)=O. The molecule has 3 N–H and O–H groups in total. The topological polar surface area (TPSA) is 82.6 Å². The van der Waals surface area contributed by atoms with Crippen LogP contribution in [0.3, 0.4) is 0 Å². The summed E-state index contributed by atoms with van der Waals surface area (Å²) in [5.74, 6) is 0.880. The van der Waals surface area contributed by atoms with Gasteiger partial charge in [0.1, 0.15) is 9.84 Å². The molecule has 7 heteroatoms. The highest BCUT2D eigenvalue weighted by Gasteiger charge is 2.10. The number of nitrogens with one attached hydrogen (secondary N) is 3. The van der Waals surface area contributed by atoms with Gasteiger partial charge in [0.2, 0.25) is 0 Å². The number of hydrogen-bond acceptors (Lipinski definition) is 4. The van der Waals surface area contributed by atoms with Gasteiger partial charge in [0, 0.05) is 38.0 Å². The smallest absolute Gasteiger partial charge is 0.191 e. The molecular weight excluding hydrogens is 276 g/mol. The standard InChI is InChI=1S/C13H30N4O2S/c1-11(7-10-20(6,18)19)17-12(14-5)15-8-9-16-13(2,3)4/h11,16H,7-10H2,1-6H3,(H2,14,15,17). The summed E-state index contributed by atoms with van der Waals surface area (Å²) in [5.41, 5.74) is 0.0986. The van der Waals surface area contributed by atoms with E-state index in [9.17, 15) is 8.42 Å². The van der Waals surface area contributed by atoms with Crippen LogP contribution in [-0.2, 0) is 9.84 Å². The second-order valence-electron chi connectivity index (χ2n) is 6.14. The number of guanidine groups is 1. The van der Waals surface area contributed by atoms with Gasteiger partial charge in [-0.1, -0.05) is 0 Å². The van der Waals surface area contributed by atoms with E-state index in [2.05, 4.69) is 41.7 Å². The van der Waals surface area contributed by atoms with Crippen LogP contribution < -0.4 is 16.0 Å². The first-order valence-electron chi connectivity index (χ1n) is 6.93. The van der Waals surface area contributed by atoms with Gasteiger partial charge in [0.15, 0.2) is 5.96 Å². The fourth-order valence-corrected chi connectivity index (χ4v) is 2.29. The maximum atomic E-state index is 11.1. The lowest BCUT2D eigenvalue weighted by molar-refractivity contribution is 0.428. The van der Waals surface area contributed by atoms with E-state index in [0.29, 0.717) is 12.4 Å². The molecule has 0 aromatic heterocycles. The average molecular weight is 306 g/mol. The Morgan fingerprint density at radius 1 is 1.25 bits per heavy atom. The van der Waals surface area contributed by atoms with Crippen molar-refractivity contribution in [3.8, 4) is 0 Å². The minimum Gasteiger partial charge on any atom is -0.355 e. The predicted octanol–water partition coefficient (Wildman–Crippen LogP) is 0.363. The molecule has 0 saturated carbocycles. The minimum atomic E-state index is -2.91.